The maximum absolute atomic E-state index is 4.73. The molecule has 0 saturated heterocycles. The molecule has 0 aliphatic heterocycles. The van der Waals surface area contributed by atoms with Crippen LogP contribution in [0.1, 0.15) is 33.6 Å². The summed E-state index contributed by atoms with van der Waals surface area (Å²) in [6.45, 7) is 9.60. The van der Waals surface area contributed by atoms with Crippen LogP contribution in [0.4, 0.5) is 0 Å². The second-order valence-electron chi connectivity index (χ2n) is 3.00. The Morgan fingerprint density at radius 1 is 0.812 bits per heavy atom. The fraction of sp³-hybridized carbons (Fsp3) is 1.00. The third-order valence-corrected chi connectivity index (χ3v) is 1.37. The summed E-state index contributed by atoms with van der Waals surface area (Å²) < 4.78 is 14.0. The molecule has 0 aliphatic carbocycles. The largest absolute Gasteiger partial charge is 0.385 e. The van der Waals surface area contributed by atoms with E-state index in [-0.39, 0.29) is 0 Å². The van der Waals surface area contributed by atoms with E-state index in [0.717, 1.165) is 26.2 Å². The molecule has 0 saturated carbocycles. The van der Waals surface area contributed by atoms with Crippen molar-refractivity contribution in [2.45, 2.75) is 33.6 Å². The molecule has 0 aromatic heterocycles. The normalized spacial score (nSPS) is 8.62. The molecule has 0 aromatic rings. The van der Waals surface area contributed by atoms with E-state index in [9.17, 15) is 0 Å². The molecule has 0 bridgehead atoms. The van der Waals surface area contributed by atoms with Crippen molar-refractivity contribution in [1.82, 2.24) is 5.32 Å². The first kappa shape index (κ1) is 21.2. The molecule has 16 heavy (non-hydrogen) atoms. The van der Waals surface area contributed by atoms with Gasteiger partial charge in [0.1, 0.15) is 0 Å². The maximum atomic E-state index is 4.73. The van der Waals surface area contributed by atoms with Crippen LogP contribution in [0.3, 0.4) is 0 Å². The molecule has 0 radical (unpaired) electrons. The first-order chi connectivity index (χ1) is 7.74. The van der Waals surface area contributed by atoms with Gasteiger partial charge in [-0.2, -0.15) is 0 Å². The summed E-state index contributed by atoms with van der Waals surface area (Å²) in [6.07, 6.45) is 2.29. The molecule has 0 fully saturated rings. The van der Waals surface area contributed by atoms with Crippen LogP contribution in [0.2, 0.25) is 0 Å². The van der Waals surface area contributed by atoms with Gasteiger partial charge in [0.05, 0.1) is 6.73 Å². The standard InChI is InChI=1S/C5H13NO.C4H10O.C3H8O/c1-3-4-6-5-7-2;1-3-4-5-2;1-3-4-2/h6H,3-5H2,1-2H3;3-4H2,1-2H3;3H2,1-2H3. The van der Waals surface area contributed by atoms with E-state index in [1.165, 1.54) is 6.42 Å². The summed E-state index contributed by atoms with van der Waals surface area (Å²) >= 11 is 0. The second-order valence-corrected chi connectivity index (χ2v) is 3.00. The zero-order chi connectivity index (χ0) is 13.1. The Kier molecular flexibility index (Phi) is 38.8. The van der Waals surface area contributed by atoms with Crippen LogP contribution in [-0.2, 0) is 14.2 Å². The van der Waals surface area contributed by atoms with Gasteiger partial charge in [0, 0.05) is 34.5 Å². The number of rotatable bonds is 7. The zero-order valence-corrected chi connectivity index (χ0v) is 12.0. The predicted octanol–water partition coefficient (Wildman–Crippen LogP) is 2.29. The second kappa shape index (κ2) is 29.4. The van der Waals surface area contributed by atoms with E-state index in [4.69, 9.17) is 9.47 Å². The number of hydrogen-bond acceptors (Lipinski definition) is 4. The van der Waals surface area contributed by atoms with Gasteiger partial charge in [-0.25, -0.2) is 0 Å². The van der Waals surface area contributed by atoms with Crippen molar-refractivity contribution in [2.75, 3.05) is 47.8 Å². The van der Waals surface area contributed by atoms with E-state index < -0.39 is 0 Å². The van der Waals surface area contributed by atoms with Gasteiger partial charge in [-0.05, 0) is 26.3 Å². The SMILES string of the molecule is CCCNCOC.CCCOC.CCOC. The van der Waals surface area contributed by atoms with Crippen molar-refractivity contribution in [1.29, 1.82) is 0 Å². The Bertz CT molecular complexity index is 74.7. The summed E-state index contributed by atoms with van der Waals surface area (Å²) in [6, 6.07) is 0. The summed E-state index contributed by atoms with van der Waals surface area (Å²) in [5, 5.41) is 3.06. The van der Waals surface area contributed by atoms with Crippen LogP contribution >= 0.6 is 0 Å². The molecule has 0 amide bonds. The first-order valence-electron chi connectivity index (χ1n) is 5.92. The lowest BCUT2D eigenvalue weighted by Crippen LogP contribution is -2.16. The van der Waals surface area contributed by atoms with Gasteiger partial charge in [0.2, 0.25) is 0 Å². The molecule has 1 N–H and O–H groups in total. The molecule has 4 heteroatoms. The molecule has 0 atom stereocenters. The molecule has 0 heterocycles. The molecule has 0 aromatic carbocycles. The van der Waals surface area contributed by atoms with Crippen molar-refractivity contribution >= 4 is 0 Å². The first-order valence-corrected chi connectivity index (χ1v) is 5.92. The van der Waals surface area contributed by atoms with Gasteiger partial charge >= 0.3 is 0 Å². The summed E-state index contributed by atoms with van der Waals surface area (Å²) in [4.78, 5) is 0. The predicted molar refractivity (Wildman–Crippen MR) is 69.9 cm³/mol. The van der Waals surface area contributed by atoms with Crippen LogP contribution in [0.25, 0.3) is 0 Å². The Morgan fingerprint density at radius 2 is 1.38 bits per heavy atom. The highest BCUT2D eigenvalue weighted by Crippen LogP contribution is 1.70. The lowest BCUT2D eigenvalue weighted by molar-refractivity contribution is 0.176. The Labute approximate surface area is 102 Å². The topological polar surface area (TPSA) is 39.7 Å². The Hall–Kier alpha value is -0.160. The minimum Gasteiger partial charge on any atom is -0.385 e. The molecule has 0 aliphatic rings. The molecule has 0 unspecified atom stereocenters. The fourth-order valence-electron chi connectivity index (χ4n) is 0.555. The monoisotopic (exact) mass is 237 g/mol. The smallest absolute Gasteiger partial charge is 0.0961 e. The molecular weight excluding hydrogens is 206 g/mol. The van der Waals surface area contributed by atoms with Crippen LogP contribution in [0.5, 0.6) is 0 Å². The summed E-state index contributed by atoms with van der Waals surface area (Å²) in [5.41, 5.74) is 0. The van der Waals surface area contributed by atoms with Crippen LogP contribution in [0, 0.1) is 0 Å². The lowest BCUT2D eigenvalue weighted by atomic mass is 10.5. The number of hydrogen-bond donors (Lipinski definition) is 1. The number of nitrogens with one attached hydrogen (secondary N) is 1. The average Bonchev–Trinajstić information content (AvgIpc) is 2.32. The number of methoxy groups -OCH3 is 3. The highest BCUT2D eigenvalue weighted by atomic mass is 16.5. The van der Waals surface area contributed by atoms with Gasteiger partial charge in [0.25, 0.3) is 0 Å². The maximum Gasteiger partial charge on any atom is 0.0961 e. The van der Waals surface area contributed by atoms with Crippen molar-refractivity contribution < 1.29 is 14.2 Å². The van der Waals surface area contributed by atoms with Crippen LogP contribution in [0.15, 0.2) is 0 Å². The lowest BCUT2D eigenvalue weighted by Gasteiger charge is -1.97. The van der Waals surface area contributed by atoms with Crippen molar-refractivity contribution in [3.63, 3.8) is 0 Å². The van der Waals surface area contributed by atoms with Crippen molar-refractivity contribution in [3.8, 4) is 0 Å². The zero-order valence-electron chi connectivity index (χ0n) is 12.0. The summed E-state index contributed by atoms with van der Waals surface area (Å²) in [5.74, 6) is 0. The van der Waals surface area contributed by atoms with Gasteiger partial charge in [-0.1, -0.05) is 13.8 Å². The van der Waals surface area contributed by atoms with Gasteiger partial charge in [0.15, 0.2) is 0 Å². The van der Waals surface area contributed by atoms with E-state index in [0.29, 0.717) is 6.73 Å². The molecule has 4 nitrogen and oxygen atoms in total. The van der Waals surface area contributed by atoms with Gasteiger partial charge in [-0.3, -0.25) is 5.32 Å². The average molecular weight is 237 g/mol. The highest BCUT2D eigenvalue weighted by Gasteiger charge is 1.76. The van der Waals surface area contributed by atoms with E-state index in [1.807, 2.05) is 6.92 Å². The van der Waals surface area contributed by atoms with E-state index >= 15 is 0 Å². The van der Waals surface area contributed by atoms with E-state index in [2.05, 4.69) is 23.9 Å². The van der Waals surface area contributed by atoms with Crippen LogP contribution < -0.4 is 5.32 Å². The molecule has 0 spiro atoms. The quantitative estimate of drug-likeness (QED) is 0.545. The minimum absolute atomic E-state index is 0.674. The fourth-order valence-corrected chi connectivity index (χ4v) is 0.555. The molecule has 0 rings (SSSR count). The van der Waals surface area contributed by atoms with Crippen molar-refractivity contribution in [2.24, 2.45) is 0 Å². The van der Waals surface area contributed by atoms with Crippen LogP contribution in [-0.4, -0.2) is 47.8 Å². The Balaban J connectivity index is -0.000000166. The highest BCUT2D eigenvalue weighted by molar-refractivity contribution is 4.32. The number of ether oxygens (including phenoxy) is 3. The third kappa shape index (κ3) is 48.8. The minimum atomic E-state index is 0.674. The summed E-state index contributed by atoms with van der Waals surface area (Å²) in [7, 11) is 5.08. The molecule has 102 valence electrons. The van der Waals surface area contributed by atoms with Gasteiger partial charge in [-0.15, -0.1) is 0 Å². The third-order valence-electron chi connectivity index (χ3n) is 1.37. The molecular formula is C12H31NO3. The van der Waals surface area contributed by atoms with E-state index in [1.54, 1.807) is 21.3 Å². The van der Waals surface area contributed by atoms with Crippen molar-refractivity contribution in [3.05, 3.63) is 0 Å². The van der Waals surface area contributed by atoms with Gasteiger partial charge < -0.3 is 14.2 Å². The Morgan fingerprint density at radius 3 is 1.56 bits per heavy atom.